The molecule has 0 aliphatic carbocycles. The van der Waals surface area contributed by atoms with E-state index in [1.807, 2.05) is 0 Å². The summed E-state index contributed by atoms with van der Waals surface area (Å²) in [5.74, 6) is 5.22. The maximum Gasteiger partial charge on any atom is 0.256 e. The Morgan fingerprint density at radius 1 is 1.32 bits per heavy atom. The molecule has 2 aromatic rings. The van der Waals surface area contributed by atoms with Crippen molar-refractivity contribution < 1.29 is 23.8 Å². The maximum atomic E-state index is 14.6. The molecule has 0 radical (unpaired) electrons. The third-order valence-electron chi connectivity index (χ3n) is 4.90. The molecule has 3 heterocycles. The third kappa shape index (κ3) is 3.28. The zero-order chi connectivity index (χ0) is 19.7. The van der Waals surface area contributed by atoms with Crippen molar-refractivity contribution >= 4 is 23.2 Å². The van der Waals surface area contributed by atoms with Crippen molar-refractivity contribution in [3.05, 3.63) is 47.0 Å². The molecule has 0 atom stereocenters. The molecule has 1 aromatic heterocycles. The molecule has 144 valence electrons. The van der Waals surface area contributed by atoms with Gasteiger partial charge in [0, 0.05) is 24.6 Å². The van der Waals surface area contributed by atoms with E-state index in [2.05, 4.69) is 22.1 Å². The van der Waals surface area contributed by atoms with Gasteiger partial charge >= 0.3 is 0 Å². The minimum absolute atomic E-state index is 0.0764. The van der Waals surface area contributed by atoms with Gasteiger partial charge in [0.1, 0.15) is 17.2 Å². The van der Waals surface area contributed by atoms with Crippen molar-refractivity contribution in [3.8, 4) is 17.6 Å². The maximum absolute atomic E-state index is 14.6. The van der Waals surface area contributed by atoms with Gasteiger partial charge in [0.2, 0.25) is 0 Å². The zero-order valence-electron chi connectivity index (χ0n) is 15.3. The third-order valence-corrected chi connectivity index (χ3v) is 4.90. The number of benzene rings is 1. The number of aromatic amines is 1. The van der Waals surface area contributed by atoms with Crippen LogP contribution in [0.4, 0.5) is 10.1 Å². The molecule has 4 rings (SSSR count). The summed E-state index contributed by atoms with van der Waals surface area (Å²) in [6.07, 6.45) is 4.01. The fraction of sp³-hybridized carbons (Fsp3) is 0.286. The highest BCUT2D eigenvalue weighted by Crippen LogP contribution is 2.37. The molecule has 3 N–H and O–H groups in total. The number of hydrogen-bond acceptors (Lipinski definition) is 4. The average Bonchev–Trinajstić information content (AvgIpc) is 3.26. The quantitative estimate of drug-likeness (QED) is 0.551. The first kappa shape index (κ1) is 18.3. The lowest BCUT2D eigenvalue weighted by Crippen LogP contribution is -2.34. The first-order valence-corrected chi connectivity index (χ1v) is 8.91. The molecule has 2 aliphatic heterocycles. The van der Waals surface area contributed by atoms with Gasteiger partial charge in [-0.25, -0.2) is 4.39 Å². The van der Waals surface area contributed by atoms with Crippen molar-refractivity contribution in [2.45, 2.75) is 18.4 Å². The second kappa shape index (κ2) is 7.15. The van der Waals surface area contributed by atoms with Gasteiger partial charge in [-0.15, -0.1) is 0 Å². The molecule has 6 nitrogen and oxygen atoms in total. The normalized spacial score (nSPS) is 19.0. The molecular formula is C21H19FN2O4. The van der Waals surface area contributed by atoms with Crippen LogP contribution in [0.15, 0.2) is 24.4 Å². The zero-order valence-corrected chi connectivity index (χ0v) is 15.3. The van der Waals surface area contributed by atoms with Crippen molar-refractivity contribution in [2.24, 2.45) is 0 Å². The molecular weight excluding hydrogens is 363 g/mol. The lowest BCUT2D eigenvalue weighted by molar-refractivity contribution is -0.110. The molecule has 1 saturated heterocycles. The molecule has 1 aromatic carbocycles. The predicted molar refractivity (Wildman–Crippen MR) is 102 cm³/mol. The number of aromatic nitrogens is 1. The van der Waals surface area contributed by atoms with E-state index < -0.39 is 11.4 Å². The Kier molecular flexibility index (Phi) is 4.67. The van der Waals surface area contributed by atoms with E-state index in [-0.39, 0.29) is 17.0 Å². The number of carbonyl (C=O) groups is 1. The summed E-state index contributed by atoms with van der Waals surface area (Å²) < 4.78 is 25.1. The van der Waals surface area contributed by atoms with Gasteiger partial charge in [0.05, 0.1) is 42.8 Å². The number of rotatable bonds is 2. The number of H-pyrrole nitrogens is 1. The van der Waals surface area contributed by atoms with Crippen molar-refractivity contribution in [1.29, 1.82) is 0 Å². The number of halogens is 1. The Bertz CT molecular complexity index is 1020. The van der Waals surface area contributed by atoms with Crippen LogP contribution < -0.4 is 10.1 Å². The lowest BCUT2D eigenvalue weighted by Gasteiger charge is -2.26. The minimum Gasteiger partial charge on any atom is -0.495 e. The van der Waals surface area contributed by atoms with Crippen LogP contribution in [-0.4, -0.2) is 41.9 Å². The van der Waals surface area contributed by atoms with Crippen molar-refractivity contribution in [2.75, 3.05) is 25.6 Å². The molecule has 0 spiro atoms. The summed E-state index contributed by atoms with van der Waals surface area (Å²) in [5.41, 5.74) is 0.574. The van der Waals surface area contributed by atoms with Gasteiger partial charge in [0.25, 0.3) is 5.91 Å². The van der Waals surface area contributed by atoms with E-state index in [4.69, 9.17) is 9.47 Å². The molecule has 0 unspecified atom stereocenters. The minimum atomic E-state index is -1.23. The van der Waals surface area contributed by atoms with Gasteiger partial charge in [-0.3, -0.25) is 4.79 Å². The summed E-state index contributed by atoms with van der Waals surface area (Å²) in [5, 5.41) is 13.3. The largest absolute Gasteiger partial charge is 0.495 e. The summed E-state index contributed by atoms with van der Waals surface area (Å²) in [7, 11) is 1.53. The molecule has 2 aliphatic rings. The van der Waals surface area contributed by atoms with E-state index in [0.717, 1.165) is 0 Å². The summed E-state index contributed by atoms with van der Waals surface area (Å²) in [6, 6.07) is 4.49. The molecule has 1 amide bonds. The number of hydrogen-bond donors (Lipinski definition) is 3. The number of fused-ring (bicyclic) bond motifs is 1. The summed E-state index contributed by atoms with van der Waals surface area (Å²) >= 11 is 0. The van der Waals surface area contributed by atoms with Crippen LogP contribution in [0.2, 0.25) is 0 Å². The summed E-state index contributed by atoms with van der Waals surface area (Å²) in [6.45, 7) is 0.802. The Morgan fingerprint density at radius 3 is 2.86 bits per heavy atom. The van der Waals surface area contributed by atoms with Crippen molar-refractivity contribution in [3.63, 3.8) is 0 Å². The first-order chi connectivity index (χ1) is 13.5. The number of ether oxygens (including phenoxy) is 2. The number of methoxy groups -OCH3 is 1. The monoisotopic (exact) mass is 382 g/mol. The Morgan fingerprint density at radius 2 is 2.11 bits per heavy atom. The molecule has 0 bridgehead atoms. The van der Waals surface area contributed by atoms with E-state index in [0.29, 0.717) is 48.7 Å². The highest BCUT2D eigenvalue weighted by molar-refractivity contribution is 6.35. The standard InChI is InChI=1S/C21H19FN2O4/c1-27-18-5-9-23-17(18)12-14-19-13(4-6-21(26)7-10-28-11-8-21)15(22)2-3-16(19)24-20(14)25/h2-3,5,9,12,23,26H,7-8,10-11H2,1H3,(H,24,25)/b14-12-. The van der Waals surface area contributed by atoms with E-state index in [9.17, 15) is 14.3 Å². The molecule has 1 fully saturated rings. The van der Waals surface area contributed by atoms with E-state index >= 15 is 0 Å². The van der Waals surface area contributed by atoms with Crippen LogP contribution in [0, 0.1) is 17.7 Å². The van der Waals surface area contributed by atoms with Crippen LogP contribution >= 0.6 is 0 Å². The van der Waals surface area contributed by atoms with Gasteiger partial charge in [-0.05, 0) is 24.3 Å². The van der Waals surface area contributed by atoms with Gasteiger partial charge in [0.15, 0.2) is 0 Å². The number of anilines is 1. The van der Waals surface area contributed by atoms with Crippen LogP contribution in [0.3, 0.4) is 0 Å². The fourth-order valence-electron chi connectivity index (χ4n) is 3.34. The number of aliphatic hydroxyl groups is 1. The first-order valence-electron chi connectivity index (χ1n) is 8.91. The molecule has 0 saturated carbocycles. The highest BCUT2D eigenvalue weighted by atomic mass is 19.1. The average molecular weight is 382 g/mol. The highest BCUT2D eigenvalue weighted by Gasteiger charge is 2.30. The second-order valence-electron chi connectivity index (χ2n) is 6.71. The Hall–Kier alpha value is -3.08. The van der Waals surface area contributed by atoms with Crippen LogP contribution in [-0.2, 0) is 9.53 Å². The number of nitrogens with one attached hydrogen (secondary N) is 2. The molecule has 7 heteroatoms. The van der Waals surface area contributed by atoms with Crippen molar-refractivity contribution in [1.82, 2.24) is 4.98 Å². The SMILES string of the molecule is COc1cc[nH]c1/C=C1\C(=O)Nc2ccc(F)c(C#CC3(O)CCOCC3)c21. The number of amides is 1. The summed E-state index contributed by atoms with van der Waals surface area (Å²) in [4.78, 5) is 15.5. The fourth-order valence-corrected chi connectivity index (χ4v) is 3.34. The van der Waals surface area contributed by atoms with Crippen LogP contribution in [0.25, 0.3) is 11.6 Å². The Labute approximate surface area is 161 Å². The van der Waals surface area contributed by atoms with E-state index in [1.54, 1.807) is 18.3 Å². The number of carbonyl (C=O) groups excluding carboxylic acids is 1. The van der Waals surface area contributed by atoms with Crippen LogP contribution in [0.5, 0.6) is 5.75 Å². The smallest absolute Gasteiger partial charge is 0.256 e. The predicted octanol–water partition coefficient (Wildman–Crippen LogP) is 2.55. The second-order valence-corrected chi connectivity index (χ2v) is 6.71. The van der Waals surface area contributed by atoms with Crippen LogP contribution in [0.1, 0.15) is 29.7 Å². The topological polar surface area (TPSA) is 83.6 Å². The van der Waals surface area contributed by atoms with Gasteiger partial charge < -0.3 is 24.9 Å². The Balaban J connectivity index is 1.81. The molecule has 28 heavy (non-hydrogen) atoms. The lowest BCUT2D eigenvalue weighted by atomic mass is 9.93. The van der Waals surface area contributed by atoms with E-state index in [1.165, 1.54) is 19.2 Å². The van der Waals surface area contributed by atoms with Gasteiger partial charge in [-0.1, -0.05) is 11.8 Å². The van der Waals surface area contributed by atoms with Gasteiger partial charge in [-0.2, -0.15) is 0 Å².